The van der Waals surface area contributed by atoms with Gasteiger partial charge in [-0.1, -0.05) is 31.2 Å². The second kappa shape index (κ2) is 7.41. The van der Waals surface area contributed by atoms with Crippen LogP contribution in [0.15, 0.2) is 48.5 Å². The summed E-state index contributed by atoms with van der Waals surface area (Å²) in [7, 11) is 0. The van der Waals surface area contributed by atoms with Crippen LogP contribution in [0.2, 0.25) is 0 Å². The first-order valence-electron chi connectivity index (χ1n) is 7.32. The summed E-state index contributed by atoms with van der Waals surface area (Å²) in [6, 6.07) is 15.0. The largest absolute Gasteiger partial charge is 0.348 e. The summed E-state index contributed by atoms with van der Waals surface area (Å²) >= 11 is 0. The van der Waals surface area contributed by atoms with Crippen LogP contribution in [0.5, 0.6) is 0 Å². The highest BCUT2D eigenvalue weighted by atomic mass is 16.2. The third kappa shape index (κ3) is 4.45. The number of hydrogen-bond acceptors (Lipinski definition) is 2. The van der Waals surface area contributed by atoms with E-state index in [0.29, 0.717) is 17.8 Å². The molecule has 0 saturated carbocycles. The lowest BCUT2D eigenvalue weighted by Crippen LogP contribution is -2.22. The van der Waals surface area contributed by atoms with Crippen LogP contribution in [0.3, 0.4) is 0 Å². The topological polar surface area (TPSA) is 58.2 Å². The van der Waals surface area contributed by atoms with E-state index in [1.165, 1.54) is 12.5 Å². The SMILES string of the molecule is CCc1ccc(CNC(=O)c2ccc(NC(C)=O)cc2)cc1. The van der Waals surface area contributed by atoms with Gasteiger partial charge >= 0.3 is 0 Å². The molecule has 0 aliphatic heterocycles. The molecule has 0 fully saturated rings. The molecule has 0 radical (unpaired) electrons. The van der Waals surface area contributed by atoms with Gasteiger partial charge in [0.15, 0.2) is 0 Å². The van der Waals surface area contributed by atoms with E-state index in [1.54, 1.807) is 24.3 Å². The fraction of sp³-hybridized carbons (Fsp3) is 0.222. The molecule has 4 nitrogen and oxygen atoms in total. The number of anilines is 1. The van der Waals surface area contributed by atoms with E-state index in [0.717, 1.165) is 12.0 Å². The van der Waals surface area contributed by atoms with Gasteiger partial charge in [0.05, 0.1) is 0 Å². The van der Waals surface area contributed by atoms with Crippen molar-refractivity contribution >= 4 is 17.5 Å². The van der Waals surface area contributed by atoms with Crippen molar-refractivity contribution in [3.05, 3.63) is 65.2 Å². The molecule has 2 rings (SSSR count). The Hall–Kier alpha value is -2.62. The molecule has 22 heavy (non-hydrogen) atoms. The number of aryl methyl sites for hydroxylation is 1. The number of nitrogens with one attached hydrogen (secondary N) is 2. The van der Waals surface area contributed by atoms with E-state index < -0.39 is 0 Å². The first-order valence-corrected chi connectivity index (χ1v) is 7.32. The average Bonchev–Trinajstić information content (AvgIpc) is 2.53. The lowest BCUT2D eigenvalue weighted by atomic mass is 10.1. The lowest BCUT2D eigenvalue weighted by Gasteiger charge is -2.07. The van der Waals surface area contributed by atoms with Gasteiger partial charge < -0.3 is 10.6 Å². The number of amides is 2. The Bertz CT molecular complexity index is 646. The normalized spacial score (nSPS) is 10.1. The Labute approximate surface area is 130 Å². The number of carbonyl (C=O) groups is 2. The summed E-state index contributed by atoms with van der Waals surface area (Å²) in [6.07, 6.45) is 1.01. The minimum atomic E-state index is -0.132. The van der Waals surface area contributed by atoms with E-state index in [-0.39, 0.29) is 11.8 Å². The van der Waals surface area contributed by atoms with Gasteiger partial charge in [-0.25, -0.2) is 0 Å². The Kier molecular flexibility index (Phi) is 5.31. The van der Waals surface area contributed by atoms with Crippen LogP contribution in [-0.2, 0) is 17.8 Å². The number of carbonyl (C=O) groups excluding carboxylic acids is 2. The zero-order valence-electron chi connectivity index (χ0n) is 12.8. The third-order valence-corrected chi connectivity index (χ3v) is 3.35. The van der Waals surface area contributed by atoms with Crippen molar-refractivity contribution in [1.29, 1.82) is 0 Å². The number of rotatable bonds is 5. The van der Waals surface area contributed by atoms with E-state index in [1.807, 2.05) is 12.1 Å². The molecule has 0 saturated heterocycles. The first kappa shape index (κ1) is 15.8. The highest BCUT2D eigenvalue weighted by Crippen LogP contribution is 2.10. The molecular formula is C18H20N2O2. The Balaban J connectivity index is 1.92. The van der Waals surface area contributed by atoms with Crippen molar-refractivity contribution < 1.29 is 9.59 Å². The average molecular weight is 296 g/mol. The molecule has 0 aliphatic rings. The summed E-state index contributed by atoms with van der Waals surface area (Å²) < 4.78 is 0. The first-order chi connectivity index (χ1) is 10.6. The molecule has 0 bridgehead atoms. The quantitative estimate of drug-likeness (QED) is 0.890. The second-order valence-corrected chi connectivity index (χ2v) is 5.11. The van der Waals surface area contributed by atoms with Gasteiger partial charge in [-0.15, -0.1) is 0 Å². The van der Waals surface area contributed by atoms with Gasteiger partial charge in [-0.2, -0.15) is 0 Å². The highest BCUT2D eigenvalue weighted by molar-refractivity contribution is 5.95. The highest BCUT2D eigenvalue weighted by Gasteiger charge is 2.05. The summed E-state index contributed by atoms with van der Waals surface area (Å²) in [5.41, 5.74) is 3.60. The molecule has 0 spiro atoms. The zero-order valence-corrected chi connectivity index (χ0v) is 12.8. The molecule has 4 heteroatoms. The Morgan fingerprint density at radius 3 is 2.05 bits per heavy atom. The van der Waals surface area contributed by atoms with Gasteiger partial charge in [-0.05, 0) is 41.8 Å². The predicted molar refractivity (Wildman–Crippen MR) is 87.7 cm³/mol. The maximum Gasteiger partial charge on any atom is 0.251 e. The minimum Gasteiger partial charge on any atom is -0.348 e. The number of hydrogen-bond donors (Lipinski definition) is 2. The van der Waals surface area contributed by atoms with E-state index in [2.05, 4.69) is 29.7 Å². The van der Waals surface area contributed by atoms with Crippen LogP contribution < -0.4 is 10.6 Å². The zero-order chi connectivity index (χ0) is 15.9. The van der Waals surface area contributed by atoms with Gasteiger partial charge in [0.25, 0.3) is 5.91 Å². The van der Waals surface area contributed by atoms with E-state index in [4.69, 9.17) is 0 Å². The van der Waals surface area contributed by atoms with Crippen molar-refractivity contribution in [3.8, 4) is 0 Å². The van der Waals surface area contributed by atoms with Gasteiger partial charge in [0, 0.05) is 24.7 Å². The summed E-state index contributed by atoms with van der Waals surface area (Å²) in [5, 5.41) is 5.56. The van der Waals surface area contributed by atoms with Crippen molar-refractivity contribution in [2.75, 3.05) is 5.32 Å². The molecule has 2 aromatic rings. The summed E-state index contributed by atoms with van der Waals surface area (Å²) in [6.45, 7) is 4.06. The van der Waals surface area contributed by atoms with Crippen LogP contribution >= 0.6 is 0 Å². The van der Waals surface area contributed by atoms with Crippen LogP contribution in [0.25, 0.3) is 0 Å². The molecule has 2 aromatic carbocycles. The molecule has 0 aromatic heterocycles. The van der Waals surface area contributed by atoms with Crippen molar-refractivity contribution in [2.24, 2.45) is 0 Å². The molecule has 2 N–H and O–H groups in total. The van der Waals surface area contributed by atoms with E-state index >= 15 is 0 Å². The standard InChI is InChI=1S/C18H20N2O2/c1-3-14-4-6-15(7-5-14)12-19-18(22)16-8-10-17(11-9-16)20-13(2)21/h4-11H,3,12H2,1-2H3,(H,19,22)(H,20,21). The molecular weight excluding hydrogens is 276 g/mol. The van der Waals surface area contributed by atoms with Crippen LogP contribution in [0.1, 0.15) is 35.3 Å². The maximum absolute atomic E-state index is 12.1. The fourth-order valence-electron chi connectivity index (χ4n) is 2.09. The molecule has 0 heterocycles. The Morgan fingerprint density at radius 1 is 0.909 bits per heavy atom. The summed E-state index contributed by atoms with van der Waals surface area (Å²) in [5.74, 6) is -0.262. The molecule has 114 valence electrons. The van der Waals surface area contributed by atoms with Gasteiger partial charge in [0.2, 0.25) is 5.91 Å². The van der Waals surface area contributed by atoms with Crippen molar-refractivity contribution in [2.45, 2.75) is 26.8 Å². The minimum absolute atomic E-state index is 0.131. The fourth-order valence-corrected chi connectivity index (χ4v) is 2.09. The lowest BCUT2D eigenvalue weighted by molar-refractivity contribution is -0.114. The molecule has 2 amide bonds. The molecule has 0 unspecified atom stereocenters. The predicted octanol–water partition coefficient (Wildman–Crippen LogP) is 3.14. The van der Waals surface area contributed by atoms with Gasteiger partial charge in [-0.3, -0.25) is 9.59 Å². The van der Waals surface area contributed by atoms with E-state index in [9.17, 15) is 9.59 Å². The number of benzene rings is 2. The molecule has 0 atom stereocenters. The van der Waals surface area contributed by atoms with Crippen LogP contribution in [0, 0.1) is 0 Å². The second-order valence-electron chi connectivity index (χ2n) is 5.11. The summed E-state index contributed by atoms with van der Waals surface area (Å²) in [4.78, 5) is 23.0. The van der Waals surface area contributed by atoms with Gasteiger partial charge in [0.1, 0.15) is 0 Å². The van der Waals surface area contributed by atoms with Crippen LogP contribution in [-0.4, -0.2) is 11.8 Å². The monoisotopic (exact) mass is 296 g/mol. The Morgan fingerprint density at radius 2 is 1.50 bits per heavy atom. The maximum atomic E-state index is 12.1. The third-order valence-electron chi connectivity index (χ3n) is 3.35. The smallest absolute Gasteiger partial charge is 0.251 e. The molecule has 0 aliphatic carbocycles. The van der Waals surface area contributed by atoms with Crippen LogP contribution in [0.4, 0.5) is 5.69 Å². The van der Waals surface area contributed by atoms with Crippen molar-refractivity contribution in [1.82, 2.24) is 5.32 Å². The van der Waals surface area contributed by atoms with Crippen molar-refractivity contribution in [3.63, 3.8) is 0 Å².